The van der Waals surface area contributed by atoms with Crippen LogP contribution in [0.15, 0.2) is 36.7 Å². The van der Waals surface area contributed by atoms with Gasteiger partial charge < -0.3 is 20.1 Å². The molecule has 11 nitrogen and oxygen atoms in total. The summed E-state index contributed by atoms with van der Waals surface area (Å²) in [6, 6.07) is 7.70. The molecule has 1 amide bonds. The minimum absolute atomic E-state index is 0.129. The van der Waals surface area contributed by atoms with Crippen molar-refractivity contribution in [3.8, 4) is 17.0 Å². The SMILES string of the molecule is CCc1cc(Nc2cc3cc(-c4c(OCC5CCN5C(=O)O)cnn4C)ccn3n2)nc(C)n1. The average molecular weight is 463 g/mol. The smallest absolute Gasteiger partial charge is 0.407 e. The van der Waals surface area contributed by atoms with Crippen LogP contribution >= 0.6 is 0 Å². The van der Waals surface area contributed by atoms with Gasteiger partial charge in [0.25, 0.3) is 0 Å². The quantitative estimate of drug-likeness (QED) is 0.429. The number of carboxylic acid groups (broad SMARTS) is 1. The Morgan fingerprint density at radius 1 is 1.26 bits per heavy atom. The Kier molecular flexibility index (Phi) is 5.52. The van der Waals surface area contributed by atoms with Crippen molar-refractivity contribution >= 4 is 23.2 Å². The number of anilines is 2. The number of carbonyl (C=O) groups is 1. The Balaban J connectivity index is 1.37. The molecule has 1 unspecified atom stereocenters. The molecule has 0 bridgehead atoms. The van der Waals surface area contributed by atoms with Gasteiger partial charge in [0.15, 0.2) is 11.6 Å². The number of hydrogen-bond acceptors (Lipinski definition) is 7. The van der Waals surface area contributed by atoms with Gasteiger partial charge in [-0.25, -0.2) is 19.3 Å². The third kappa shape index (κ3) is 4.12. The van der Waals surface area contributed by atoms with Crippen LogP contribution in [-0.4, -0.2) is 64.7 Å². The molecule has 176 valence electrons. The fraction of sp³-hybridized carbons (Fsp3) is 0.348. The molecule has 1 fully saturated rings. The van der Waals surface area contributed by atoms with E-state index in [9.17, 15) is 9.90 Å². The van der Waals surface area contributed by atoms with Gasteiger partial charge in [0.05, 0.1) is 17.8 Å². The molecule has 1 atom stereocenters. The molecule has 11 heteroatoms. The molecule has 0 radical (unpaired) electrons. The van der Waals surface area contributed by atoms with Crippen molar-refractivity contribution in [3.05, 3.63) is 48.2 Å². The second-order valence-corrected chi connectivity index (χ2v) is 8.30. The van der Waals surface area contributed by atoms with E-state index in [4.69, 9.17) is 4.74 Å². The molecule has 0 aromatic carbocycles. The minimum Gasteiger partial charge on any atom is -0.487 e. The van der Waals surface area contributed by atoms with E-state index in [0.29, 0.717) is 36.4 Å². The van der Waals surface area contributed by atoms with Gasteiger partial charge >= 0.3 is 6.09 Å². The lowest BCUT2D eigenvalue weighted by molar-refractivity contribution is 0.0501. The highest BCUT2D eigenvalue weighted by atomic mass is 16.5. The molecule has 4 aromatic rings. The predicted molar refractivity (Wildman–Crippen MR) is 125 cm³/mol. The van der Waals surface area contributed by atoms with E-state index in [0.717, 1.165) is 35.3 Å². The molecule has 0 spiro atoms. The lowest BCUT2D eigenvalue weighted by Crippen LogP contribution is -2.53. The fourth-order valence-corrected chi connectivity index (χ4v) is 4.11. The number of nitrogens with zero attached hydrogens (tertiary/aromatic N) is 7. The second-order valence-electron chi connectivity index (χ2n) is 8.30. The van der Waals surface area contributed by atoms with E-state index in [1.807, 2.05) is 44.4 Å². The molecule has 5 rings (SSSR count). The van der Waals surface area contributed by atoms with E-state index in [1.54, 1.807) is 15.4 Å². The van der Waals surface area contributed by atoms with Crippen molar-refractivity contribution < 1.29 is 14.6 Å². The summed E-state index contributed by atoms with van der Waals surface area (Å²) in [6.45, 7) is 4.78. The Labute approximate surface area is 196 Å². The van der Waals surface area contributed by atoms with Crippen LogP contribution in [0.25, 0.3) is 16.8 Å². The largest absolute Gasteiger partial charge is 0.487 e. The lowest BCUT2D eigenvalue weighted by Gasteiger charge is -2.38. The molecular formula is C23H26N8O3. The third-order valence-electron chi connectivity index (χ3n) is 5.97. The van der Waals surface area contributed by atoms with Crippen molar-refractivity contribution in [2.45, 2.75) is 32.7 Å². The molecule has 4 aromatic heterocycles. The number of fused-ring (bicyclic) bond motifs is 1. The van der Waals surface area contributed by atoms with Crippen LogP contribution in [-0.2, 0) is 13.5 Å². The Bertz CT molecular complexity index is 1360. The van der Waals surface area contributed by atoms with Gasteiger partial charge in [0.1, 0.15) is 23.9 Å². The maximum atomic E-state index is 11.2. The first-order valence-electron chi connectivity index (χ1n) is 11.2. The van der Waals surface area contributed by atoms with Crippen LogP contribution in [0.1, 0.15) is 24.9 Å². The Morgan fingerprint density at radius 2 is 2.12 bits per heavy atom. The monoisotopic (exact) mass is 462 g/mol. The molecule has 1 aliphatic heterocycles. The lowest BCUT2D eigenvalue weighted by atomic mass is 10.1. The summed E-state index contributed by atoms with van der Waals surface area (Å²) in [5.41, 5.74) is 3.60. The number of aryl methyl sites for hydroxylation is 3. The number of likely N-dealkylation sites (tertiary alicyclic amines) is 1. The van der Waals surface area contributed by atoms with E-state index < -0.39 is 6.09 Å². The van der Waals surface area contributed by atoms with Crippen molar-refractivity contribution in [2.75, 3.05) is 18.5 Å². The number of amides is 1. The molecule has 1 saturated heterocycles. The van der Waals surface area contributed by atoms with Crippen LogP contribution in [0.4, 0.5) is 16.4 Å². The van der Waals surface area contributed by atoms with Gasteiger partial charge in [-0.1, -0.05) is 6.92 Å². The normalized spacial score (nSPS) is 15.4. The summed E-state index contributed by atoms with van der Waals surface area (Å²) in [7, 11) is 1.85. The molecule has 34 heavy (non-hydrogen) atoms. The molecule has 1 aliphatic rings. The molecule has 0 aliphatic carbocycles. The first-order chi connectivity index (χ1) is 16.4. The maximum absolute atomic E-state index is 11.2. The topological polar surface area (TPSA) is 123 Å². The summed E-state index contributed by atoms with van der Waals surface area (Å²) < 4.78 is 9.53. The van der Waals surface area contributed by atoms with Crippen molar-refractivity contribution in [2.24, 2.45) is 7.05 Å². The highest BCUT2D eigenvalue weighted by molar-refractivity contribution is 5.73. The number of hydrogen-bond donors (Lipinski definition) is 2. The first-order valence-corrected chi connectivity index (χ1v) is 11.2. The zero-order chi connectivity index (χ0) is 23.8. The van der Waals surface area contributed by atoms with Gasteiger partial charge in [-0.2, -0.15) is 10.2 Å². The molecule has 0 saturated carbocycles. The molecular weight excluding hydrogens is 436 g/mol. The van der Waals surface area contributed by atoms with Crippen LogP contribution in [0.2, 0.25) is 0 Å². The van der Waals surface area contributed by atoms with Crippen LogP contribution in [0.3, 0.4) is 0 Å². The fourth-order valence-electron chi connectivity index (χ4n) is 4.11. The van der Waals surface area contributed by atoms with Crippen molar-refractivity contribution in [1.29, 1.82) is 0 Å². The van der Waals surface area contributed by atoms with Crippen LogP contribution < -0.4 is 10.1 Å². The number of nitrogens with one attached hydrogen (secondary N) is 1. The van der Waals surface area contributed by atoms with Crippen LogP contribution in [0, 0.1) is 6.92 Å². The molecule has 2 N–H and O–H groups in total. The van der Waals surface area contributed by atoms with Gasteiger partial charge in [0, 0.05) is 43.2 Å². The summed E-state index contributed by atoms with van der Waals surface area (Å²) in [4.78, 5) is 21.5. The van der Waals surface area contributed by atoms with Crippen LogP contribution in [0.5, 0.6) is 5.75 Å². The Hall–Kier alpha value is -4.15. The zero-order valence-corrected chi connectivity index (χ0v) is 19.3. The Morgan fingerprint density at radius 3 is 2.85 bits per heavy atom. The highest BCUT2D eigenvalue weighted by Gasteiger charge is 2.32. The standard InChI is InChI=1S/C23H26N8O3/c1-4-16-10-20(26-14(2)25-16)27-21-11-18-9-15(5-8-31(18)28-21)22-19(12-24-29(22)3)34-13-17-6-7-30(17)23(32)33/h5,8-12,17H,4,6-7,13H2,1-3H3,(H,32,33)(H,25,26,27,28). The number of pyridine rings is 1. The van der Waals surface area contributed by atoms with Crippen molar-refractivity contribution in [1.82, 2.24) is 34.3 Å². The van der Waals surface area contributed by atoms with Gasteiger partial charge in [0.2, 0.25) is 0 Å². The summed E-state index contributed by atoms with van der Waals surface area (Å²) in [6.07, 6.45) is 4.26. The van der Waals surface area contributed by atoms with Gasteiger partial charge in [-0.15, -0.1) is 0 Å². The van der Waals surface area contributed by atoms with E-state index >= 15 is 0 Å². The van der Waals surface area contributed by atoms with Crippen molar-refractivity contribution in [3.63, 3.8) is 0 Å². The van der Waals surface area contributed by atoms with E-state index in [-0.39, 0.29) is 6.04 Å². The average Bonchev–Trinajstić information content (AvgIpc) is 3.33. The summed E-state index contributed by atoms with van der Waals surface area (Å²) in [5, 5.41) is 21.4. The van der Waals surface area contributed by atoms with Gasteiger partial charge in [-0.05, 0) is 31.9 Å². The number of ether oxygens (including phenoxy) is 1. The van der Waals surface area contributed by atoms with E-state index in [2.05, 4.69) is 32.4 Å². The zero-order valence-electron chi connectivity index (χ0n) is 19.3. The maximum Gasteiger partial charge on any atom is 0.407 e. The third-order valence-corrected chi connectivity index (χ3v) is 5.97. The number of aromatic nitrogens is 6. The minimum atomic E-state index is -0.912. The second kappa shape index (κ2) is 8.65. The summed E-state index contributed by atoms with van der Waals surface area (Å²) >= 11 is 0. The highest BCUT2D eigenvalue weighted by Crippen LogP contribution is 2.31. The number of rotatable bonds is 7. The molecule has 5 heterocycles. The summed E-state index contributed by atoms with van der Waals surface area (Å²) in [5.74, 6) is 2.72. The first kappa shape index (κ1) is 21.7. The van der Waals surface area contributed by atoms with E-state index in [1.165, 1.54) is 4.90 Å². The predicted octanol–water partition coefficient (Wildman–Crippen LogP) is 3.27. The van der Waals surface area contributed by atoms with Gasteiger partial charge in [-0.3, -0.25) is 4.68 Å².